The zero-order chi connectivity index (χ0) is 13.6. The molecule has 2 fully saturated rings. The average molecular weight is 284 g/mol. The first-order valence-electron chi connectivity index (χ1n) is 6.62. The van der Waals surface area contributed by atoms with Gasteiger partial charge in [0.25, 0.3) is 0 Å². The molecule has 3 rings (SSSR count). The lowest BCUT2D eigenvalue weighted by Crippen LogP contribution is -2.54. The highest BCUT2D eigenvalue weighted by Gasteiger charge is 2.44. The summed E-state index contributed by atoms with van der Waals surface area (Å²) >= 11 is 0. The van der Waals surface area contributed by atoms with Crippen LogP contribution in [0.4, 0.5) is 0 Å². The van der Waals surface area contributed by atoms with E-state index in [0.29, 0.717) is 0 Å². The van der Waals surface area contributed by atoms with Gasteiger partial charge in [0.2, 0.25) is 10.0 Å². The maximum absolute atomic E-state index is 11.8. The van der Waals surface area contributed by atoms with Crippen LogP contribution < -0.4 is 0 Å². The van der Waals surface area contributed by atoms with Gasteiger partial charge in [0.1, 0.15) is 0 Å². The van der Waals surface area contributed by atoms with Crippen molar-refractivity contribution in [3.05, 3.63) is 18.0 Å². The van der Waals surface area contributed by atoms with Gasteiger partial charge in [-0.1, -0.05) is 0 Å². The van der Waals surface area contributed by atoms with Crippen molar-refractivity contribution in [1.82, 2.24) is 19.0 Å². The molecule has 0 aliphatic carbocycles. The summed E-state index contributed by atoms with van der Waals surface area (Å²) in [6.45, 7) is 2.52. The van der Waals surface area contributed by atoms with Crippen LogP contribution in [0.2, 0.25) is 0 Å². The molecule has 2 unspecified atom stereocenters. The van der Waals surface area contributed by atoms with Crippen molar-refractivity contribution in [1.29, 1.82) is 0 Å². The van der Waals surface area contributed by atoms with Crippen LogP contribution in [0.3, 0.4) is 0 Å². The molecule has 6 nitrogen and oxygen atoms in total. The molecule has 0 aromatic carbocycles. The molecule has 2 atom stereocenters. The van der Waals surface area contributed by atoms with Gasteiger partial charge in [0.05, 0.1) is 12.5 Å². The van der Waals surface area contributed by atoms with E-state index in [9.17, 15) is 8.42 Å². The number of aromatic nitrogens is 2. The van der Waals surface area contributed by atoms with Crippen molar-refractivity contribution in [3.63, 3.8) is 0 Å². The Kier molecular flexibility index (Phi) is 3.15. The fraction of sp³-hybridized carbons (Fsp3) is 0.750. The Bertz CT molecular complexity index is 554. The van der Waals surface area contributed by atoms with Gasteiger partial charge in [-0.2, -0.15) is 9.40 Å². The first-order valence-corrected chi connectivity index (χ1v) is 8.47. The third-order valence-electron chi connectivity index (χ3n) is 4.04. The third-order valence-corrected chi connectivity index (χ3v) is 5.40. The Morgan fingerprint density at radius 2 is 1.95 bits per heavy atom. The zero-order valence-electron chi connectivity index (χ0n) is 11.4. The minimum Gasteiger partial charge on any atom is -0.296 e. The molecule has 1 aromatic heterocycles. The quantitative estimate of drug-likeness (QED) is 0.786. The predicted molar refractivity (Wildman–Crippen MR) is 72.0 cm³/mol. The molecule has 0 spiro atoms. The molecule has 0 N–H and O–H groups in total. The van der Waals surface area contributed by atoms with Gasteiger partial charge in [-0.3, -0.25) is 9.58 Å². The summed E-state index contributed by atoms with van der Waals surface area (Å²) in [5.74, 6) is 0. The van der Waals surface area contributed by atoms with Crippen molar-refractivity contribution >= 4 is 10.0 Å². The lowest BCUT2D eigenvalue weighted by atomic mass is 10.2. The van der Waals surface area contributed by atoms with Crippen molar-refractivity contribution in [2.45, 2.75) is 31.5 Å². The third kappa shape index (κ3) is 2.54. The number of rotatable bonds is 3. The van der Waals surface area contributed by atoms with E-state index in [4.69, 9.17) is 0 Å². The Balaban J connectivity index is 1.71. The van der Waals surface area contributed by atoms with Crippen LogP contribution in [-0.2, 0) is 23.6 Å². The van der Waals surface area contributed by atoms with Gasteiger partial charge in [0, 0.05) is 50.5 Å². The summed E-state index contributed by atoms with van der Waals surface area (Å²) < 4.78 is 27.2. The Morgan fingerprint density at radius 3 is 2.42 bits per heavy atom. The standard InChI is InChI=1S/C12H20N4O2S/c1-14-6-10(5-13-14)7-15-8-11-3-4-12(9-15)16(11)19(2,17)18/h5-6,11-12H,3-4,7-9H2,1-2H3. The van der Waals surface area contributed by atoms with Crippen molar-refractivity contribution in [3.8, 4) is 0 Å². The monoisotopic (exact) mass is 284 g/mol. The number of fused-ring (bicyclic) bond motifs is 2. The number of likely N-dealkylation sites (tertiary alicyclic amines) is 1. The van der Waals surface area contributed by atoms with Crippen LogP contribution in [0.25, 0.3) is 0 Å². The van der Waals surface area contributed by atoms with E-state index < -0.39 is 10.0 Å². The van der Waals surface area contributed by atoms with Crippen molar-refractivity contribution < 1.29 is 8.42 Å². The lowest BCUT2D eigenvalue weighted by Gasteiger charge is -2.39. The molecule has 2 saturated heterocycles. The van der Waals surface area contributed by atoms with Crippen LogP contribution in [-0.4, -0.2) is 58.8 Å². The fourth-order valence-electron chi connectivity index (χ4n) is 3.43. The molecule has 7 heteroatoms. The summed E-state index contributed by atoms with van der Waals surface area (Å²) in [6.07, 6.45) is 7.20. The number of piperazine rings is 1. The topological polar surface area (TPSA) is 58.4 Å². The first kappa shape index (κ1) is 13.1. The SMILES string of the molecule is Cn1cc(CN2CC3CCC(C2)N3S(C)(=O)=O)cn1. The van der Waals surface area contributed by atoms with E-state index >= 15 is 0 Å². The summed E-state index contributed by atoms with van der Waals surface area (Å²) in [7, 11) is -1.15. The van der Waals surface area contributed by atoms with Crippen LogP contribution in [0.15, 0.2) is 12.4 Å². The number of hydrogen-bond donors (Lipinski definition) is 0. The highest BCUT2D eigenvalue weighted by molar-refractivity contribution is 7.88. The molecule has 0 amide bonds. The summed E-state index contributed by atoms with van der Waals surface area (Å²) in [5.41, 5.74) is 1.19. The predicted octanol–water partition coefficient (Wildman–Crippen LogP) is 0.0283. The largest absolute Gasteiger partial charge is 0.296 e. The van der Waals surface area contributed by atoms with E-state index in [-0.39, 0.29) is 12.1 Å². The maximum Gasteiger partial charge on any atom is 0.211 e. The van der Waals surface area contributed by atoms with Crippen LogP contribution >= 0.6 is 0 Å². The van der Waals surface area contributed by atoms with E-state index in [1.54, 1.807) is 8.99 Å². The molecular weight excluding hydrogens is 264 g/mol. The van der Waals surface area contributed by atoms with Crippen molar-refractivity contribution in [2.24, 2.45) is 7.05 Å². The molecule has 2 aliphatic rings. The zero-order valence-corrected chi connectivity index (χ0v) is 12.2. The highest BCUT2D eigenvalue weighted by Crippen LogP contribution is 2.32. The molecule has 3 heterocycles. The molecule has 0 saturated carbocycles. The maximum atomic E-state index is 11.8. The van der Waals surface area contributed by atoms with Gasteiger partial charge in [-0.25, -0.2) is 8.42 Å². The molecule has 1 aromatic rings. The fourth-order valence-corrected chi connectivity index (χ4v) is 4.86. The van der Waals surface area contributed by atoms with Gasteiger partial charge in [-0.15, -0.1) is 0 Å². The minimum atomic E-state index is -3.06. The number of hydrogen-bond acceptors (Lipinski definition) is 4. The summed E-state index contributed by atoms with van der Waals surface area (Å²) in [5, 5.41) is 4.17. The first-order chi connectivity index (χ1) is 8.93. The lowest BCUT2D eigenvalue weighted by molar-refractivity contribution is 0.124. The highest BCUT2D eigenvalue weighted by atomic mass is 32.2. The molecule has 0 radical (unpaired) electrons. The smallest absolute Gasteiger partial charge is 0.211 e. The second kappa shape index (κ2) is 4.57. The molecule has 106 valence electrons. The van der Waals surface area contributed by atoms with Crippen molar-refractivity contribution in [2.75, 3.05) is 19.3 Å². The molecule has 2 bridgehead atoms. The number of nitrogens with zero attached hydrogens (tertiary/aromatic N) is 4. The molecular formula is C12H20N4O2S. The molecule has 2 aliphatic heterocycles. The number of aryl methyl sites for hydroxylation is 1. The van der Waals surface area contributed by atoms with Crippen LogP contribution in [0.5, 0.6) is 0 Å². The molecule has 19 heavy (non-hydrogen) atoms. The normalized spacial score (nSPS) is 28.9. The van der Waals surface area contributed by atoms with Gasteiger partial charge in [0.15, 0.2) is 0 Å². The Morgan fingerprint density at radius 1 is 1.32 bits per heavy atom. The Hall–Kier alpha value is -0.920. The second-order valence-electron chi connectivity index (χ2n) is 5.69. The van der Waals surface area contributed by atoms with E-state index in [2.05, 4.69) is 10.00 Å². The summed E-state index contributed by atoms with van der Waals surface area (Å²) in [4.78, 5) is 2.35. The van der Waals surface area contributed by atoms with E-state index in [1.165, 1.54) is 11.8 Å². The van der Waals surface area contributed by atoms with Gasteiger partial charge < -0.3 is 0 Å². The van der Waals surface area contributed by atoms with Gasteiger partial charge in [-0.05, 0) is 12.8 Å². The number of sulfonamides is 1. The summed E-state index contributed by atoms with van der Waals surface area (Å²) in [6, 6.07) is 0.316. The Labute approximate surface area is 114 Å². The average Bonchev–Trinajstić information content (AvgIpc) is 2.81. The van der Waals surface area contributed by atoms with E-state index in [0.717, 1.165) is 32.5 Å². The minimum absolute atomic E-state index is 0.158. The van der Waals surface area contributed by atoms with Gasteiger partial charge >= 0.3 is 0 Å². The second-order valence-corrected chi connectivity index (χ2v) is 7.58. The van der Waals surface area contributed by atoms with Crippen LogP contribution in [0.1, 0.15) is 18.4 Å². The van der Waals surface area contributed by atoms with Crippen LogP contribution in [0, 0.1) is 0 Å². The van der Waals surface area contributed by atoms with E-state index in [1.807, 2.05) is 19.4 Å².